The minimum Gasteiger partial charge on any atom is -0.453 e. The van der Waals surface area contributed by atoms with Crippen molar-refractivity contribution < 1.29 is 33.4 Å². The molecule has 5 atom stereocenters. The maximum atomic E-state index is 14.6. The highest BCUT2D eigenvalue weighted by molar-refractivity contribution is 6.05. The first-order chi connectivity index (χ1) is 32.1. The number of imidazole rings is 2. The lowest BCUT2D eigenvalue weighted by Crippen LogP contribution is -2.51. The maximum Gasteiger partial charge on any atom is 0.407 e. The molecule has 6 aromatic rings. The number of amides is 4. The van der Waals surface area contributed by atoms with Crippen molar-refractivity contribution in [3.8, 4) is 22.4 Å². The monoisotopic (exact) mass is 894 g/mol. The first-order valence-corrected chi connectivity index (χ1v) is 23.1. The summed E-state index contributed by atoms with van der Waals surface area (Å²) >= 11 is 0. The number of hydrogen-bond acceptors (Lipinski definition) is 9. The number of nitrogens with zero attached hydrogens (tertiary/aromatic N) is 4. The van der Waals surface area contributed by atoms with Gasteiger partial charge in [-0.1, -0.05) is 93.1 Å². The molecule has 66 heavy (non-hydrogen) atoms. The SMILES string of the molecule is COC(=O)N[C@H](C(=O)N1CCC[C@H]1c1ncc(-c2ccc(-c3ccc4c(ccc5nc([C@@H]6C[C@H](COCC7CCC7)CN6C(=O)[C@H](NC(=O)OC)c6ccccc6)[nH]c54)c3)cc2)[nH]1)C(C)C. The van der Waals surface area contributed by atoms with Crippen LogP contribution < -0.4 is 10.6 Å². The minimum atomic E-state index is -0.938. The molecule has 4 N–H and O–H groups in total. The van der Waals surface area contributed by atoms with E-state index in [0.29, 0.717) is 43.4 Å². The van der Waals surface area contributed by atoms with Crippen LogP contribution in [0.25, 0.3) is 44.2 Å². The fourth-order valence-corrected chi connectivity index (χ4v) is 9.74. The Hall–Kier alpha value is -6.74. The van der Waals surface area contributed by atoms with Crippen LogP contribution >= 0.6 is 0 Å². The van der Waals surface area contributed by atoms with Crippen molar-refractivity contribution in [1.82, 2.24) is 40.4 Å². The molecule has 2 saturated heterocycles. The molecule has 1 aliphatic carbocycles. The van der Waals surface area contributed by atoms with Crippen molar-refractivity contribution in [3.05, 3.63) is 108 Å². The van der Waals surface area contributed by atoms with Gasteiger partial charge >= 0.3 is 12.2 Å². The number of alkyl carbamates (subject to hydrolysis) is 2. The normalized spacial score (nSPS) is 19.5. The highest BCUT2D eigenvalue weighted by Gasteiger charge is 2.42. The Morgan fingerprint density at radius 3 is 2.20 bits per heavy atom. The Kier molecular flexibility index (Phi) is 13.1. The second-order valence-corrected chi connectivity index (χ2v) is 18.2. The summed E-state index contributed by atoms with van der Waals surface area (Å²) in [6.07, 6.45) is 6.45. The van der Waals surface area contributed by atoms with E-state index in [0.717, 1.165) is 69.5 Å². The lowest BCUT2D eigenvalue weighted by molar-refractivity contribution is -0.136. The molecule has 4 heterocycles. The highest BCUT2D eigenvalue weighted by atomic mass is 16.5. The number of aromatic amines is 2. The molecule has 344 valence electrons. The van der Waals surface area contributed by atoms with Gasteiger partial charge in [0.1, 0.15) is 23.7 Å². The molecule has 15 heteroatoms. The highest BCUT2D eigenvalue weighted by Crippen LogP contribution is 2.39. The van der Waals surface area contributed by atoms with Crippen LogP contribution in [0.5, 0.6) is 0 Å². The number of methoxy groups -OCH3 is 2. The molecule has 4 amide bonds. The number of H-pyrrole nitrogens is 2. The van der Waals surface area contributed by atoms with E-state index in [9.17, 15) is 19.2 Å². The van der Waals surface area contributed by atoms with Crippen LogP contribution in [-0.4, -0.2) is 100 Å². The summed E-state index contributed by atoms with van der Waals surface area (Å²) in [4.78, 5) is 73.4. The largest absolute Gasteiger partial charge is 0.453 e. The predicted octanol–water partition coefficient (Wildman–Crippen LogP) is 8.62. The molecule has 2 aliphatic heterocycles. The van der Waals surface area contributed by atoms with Gasteiger partial charge in [-0.15, -0.1) is 0 Å². The molecular weight excluding hydrogens is 837 g/mol. The molecule has 0 spiro atoms. The first-order valence-electron chi connectivity index (χ1n) is 23.1. The Morgan fingerprint density at radius 1 is 0.742 bits per heavy atom. The number of benzene rings is 4. The van der Waals surface area contributed by atoms with Crippen LogP contribution in [0.2, 0.25) is 0 Å². The molecule has 2 aromatic heterocycles. The lowest BCUT2D eigenvalue weighted by atomic mass is 9.86. The molecule has 0 bridgehead atoms. The van der Waals surface area contributed by atoms with Crippen molar-refractivity contribution in [2.75, 3.05) is 40.5 Å². The summed E-state index contributed by atoms with van der Waals surface area (Å²) in [6.45, 7) is 6.15. The number of ether oxygens (including phenoxy) is 3. The van der Waals surface area contributed by atoms with Crippen LogP contribution in [0.4, 0.5) is 9.59 Å². The standard InChI is InChI=1S/C51H58N8O7/c1-30(2)43(56-50(62)64-3)48(60)58-23-9-14-41(58)46-52-26-40(54-46)34-17-15-33(16-18-34)36-19-21-38-37(25-36)20-22-39-45(38)55-47(53-39)42-24-32(29-66-28-31-10-8-11-31)27-59(42)49(61)44(57-51(63)65-4)35-12-6-5-7-13-35/h5-7,12-13,15-22,25-26,30-32,41-44H,8-11,14,23-24,27-29H2,1-4H3,(H,52,54)(H,53,55)(H,56,62)(H,57,63)/t32-,41-,42-,43-,44+/m0/s1. The summed E-state index contributed by atoms with van der Waals surface area (Å²) in [5.41, 5.74) is 6.30. The van der Waals surface area contributed by atoms with Gasteiger partial charge in [0.05, 0.1) is 55.8 Å². The van der Waals surface area contributed by atoms with Gasteiger partial charge in [0.2, 0.25) is 5.91 Å². The number of aromatic nitrogens is 4. The fourth-order valence-electron chi connectivity index (χ4n) is 9.74. The summed E-state index contributed by atoms with van der Waals surface area (Å²) in [5.74, 6) is 1.63. The van der Waals surface area contributed by atoms with E-state index in [1.807, 2.05) is 66.2 Å². The maximum absolute atomic E-state index is 14.6. The van der Waals surface area contributed by atoms with Gasteiger partial charge in [-0.05, 0) is 83.7 Å². The number of hydrogen-bond donors (Lipinski definition) is 4. The van der Waals surface area contributed by atoms with Crippen molar-refractivity contribution in [3.63, 3.8) is 0 Å². The smallest absolute Gasteiger partial charge is 0.407 e. The molecular formula is C51H58N8O7. The molecule has 4 aromatic carbocycles. The van der Waals surface area contributed by atoms with Gasteiger partial charge < -0.3 is 44.6 Å². The summed E-state index contributed by atoms with van der Waals surface area (Å²) in [6, 6.07) is 25.9. The van der Waals surface area contributed by atoms with E-state index in [1.165, 1.54) is 33.5 Å². The number of nitrogens with one attached hydrogen (secondary N) is 4. The zero-order valence-electron chi connectivity index (χ0n) is 37.9. The zero-order valence-corrected chi connectivity index (χ0v) is 37.9. The second kappa shape index (κ2) is 19.4. The van der Waals surface area contributed by atoms with Crippen LogP contribution in [0.3, 0.4) is 0 Å². The number of carbonyl (C=O) groups excluding carboxylic acids is 4. The Balaban J connectivity index is 0.934. The predicted molar refractivity (Wildman–Crippen MR) is 250 cm³/mol. The van der Waals surface area contributed by atoms with Gasteiger partial charge in [0.15, 0.2) is 0 Å². The van der Waals surface area contributed by atoms with Gasteiger partial charge in [-0.25, -0.2) is 19.6 Å². The van der Waals surface area contributed by atoms with Crippen LogP contribution in [-0.2, 0) is 23.8 Å². The third kappa shape index (κ3) is 9.21. The van der Waals surface area contributed by atoms with E-state index in [-0.39, 0.29) is 35.7 Å². The molecule has 3 fully saturated rings. The van der Waals surface area contributed by atoms with Crippen LogP contribution in [0.1, 0.15) is 87.7 Å². The molecule has 1 saturated carbocycles. The molecule has 0 radical (unpaired) electrons. The van der Waals surface area contributed by atoms with E-state index in [2.05, 4.69) is 69.1 Å². The van der Waals surface area contributed by atoms with Gasteiger partial charge in [0, 0.05) is 31.0 Å². The van der Waals surface area contributed by atoms with E-state index < -0.39 is 24.3 Å². The molecule has 0 unspecified atom stereocenters. The second-order valence-electron chi connectivity index (χ2n) is 18.2. The van der Waals surface area contributed by atoms with Gasteiger partial charge in [-0.3, -0.25) is 9.59 Å². The van der Waals surface area contributed by atoms with E-state index in [4.69, 9.17) is 24.2 Å². The molecule has 9 rings (SSSR count). The summed E-state index contributed by atoms with van der Waals surface area (Å²) in [7, 11) is 2.58. The Morgan fingerprint density at radius 2 is 1.47 bits per heavy atom. The Labute approximate surface area is 384 Å². The van der Waals surface area contributed by atoms with Crippen molar-refractivity contribution >= 4 is 45.8 Å². The average molecular weight is 895 g/mol. The zero-order chi connectivity index (χ0) is 45.9. The average Bonchev–Trinajstić information content (AvgIpc) is 4.17. The number of rotatable bonds is 14. The third-order valence-electron chi connectivity index (χ3n) is 13.6. The topological polar surface area (TPSA) is 184 Å². The quantitative estimate of drug-likeness (QED) is 0.0832. The molecule has 15 nitrogen and oxygen atoms in total. The van der Waals surface area contributed by atoms with Crippen LogP contribution in [0.15, 0.2) is 91.1 Å². The number of carbonyl (C=O) groups is 4. The van der Waals surface area contributed by atoms with Gasteiger partial charge in [-0.2, -0.15) is 0 Å². The van der Waals surface area contributed by atoms with E-state index in [1.54, 1.807) is 0 Å². The number of fused-ring (bicyclic) bond motifs is 3. The van der Waals surface area contributed by atoms with Crippen LogP contribution in [0, 0.1) is 17.8 Å². The minimum absolute atomic E-state index is 0.0944. The lowest BCUT2D eigenvalue weighted by Gasteiger charge is -2.30. The van der Waals surface area contributed by atoms with Crippen molar-refractivity contribution in [2.24, 2.45) is 17.8 Å². The Bertz CT molecular complexity index is 2690. The summed E-state index contributed by atoms with van der Waals surface area (Å²) in [5, 5.41) is 7.55. The van der Waals surface area contributed by atoms with Gasteiger partial charge in [0.25, 0.3) is 5.91 Å². The fraction of sp³-hybridized carbons (Fsp3) is 0.412. The number of likely N-dealkylation sites (tertiary alicyclic amines) is 2. The van der Waals surface area contributed by atoms with E-state index >= 15 is 0 Å². The third-order valence-corrected chi connectivity index (χ3v) is 13.6. The van der Waals surface area contributed by atoms with Crippen molar-refractivity contribution in [2.45, 2.75) is 76.5 Å². The first kappa shape index (κ1) is 44.5. The summed E-state index contributed by atoms with van der Waals surface area (Å²) < 4.78 is 15.9. The van der Waals surface area contributed by atoms with Crippen molar-refractivity contribution in [1.29, 1.82) is 0 Å². The molecule has 3 aliphatic rings.